The van der Waals surface area contributed by atoms with Crippen molar-refractivity contribution >= 4 is 15.8 Å². The van der Waals surface area contributed by atoms with E-state index in [1.54, 1.807) is 36.7 Å². The molecule has 18 heavy (non-hydrogen) atoms. The predicted octanol–water partition coefficient (Wildman–Crippen LogP) is 1.49. The number of hydrogen-bond acceptors (Lipinski definition) is 4. The van der Waals surface area contributed by atoms with Gasteiger partial charge in [0.25, 0.3) is 0 Å². The highest BCUT2D eigenvalue weighted by atomic mass is 32.2. The lowest BCUT2D eigenvalue weighted by Gasteiger charge is -2.08. The van der Waals surface area contributed by atoms with E-state index in [-0.39, 0.29) is 17.5 Å². The summed E-state index contributed by atoms with van der Waals surface area (Å²) in [4.78, 5) is 11.6. The van der Waals surface area contributed by atoms with Gasteiger partial charge in [-0.15, -0.1) is 0 Å². The van der Waals surface area contributed by atoms with Gasteiger partial charge in [-0.3, -0.25) is 0 Å². The Morgan fingerprint density at radius 3 is 2.72 bits per heavy atom. The van der Waals surface area contributed by atoms with E-state index in [0.29, 0.717) is 25.3 Å². The summed E-state index contributed by atoms with van der Waals surface area (Å²) < 4.78 is 29.3. The van der Waals surface area contributed by atoms with Crippen LogP contribution in [0.2, 0.25) is 0 Å². The average molecular weight is 273 g/mol. The molecule has 0 spiro atoms. The summed E-state index contributed by atoms with van der Waals surface area (Å²) in [5.41, 5.74) is 0.464. The van der Waals surface area contributed by atoms with Gasteiger partial charge in [-0.2, -0.15) is 0 Å². The number of nitrogens with zero attached hydrogens (tertiary/aromatic N) is 1. The molecule has 0 aliphatic rings. The maximum atomic E-state index is 11.6. The van der Waals surface area contributed by atoms with Crippen molar-refractivity contribution in [2.75, 3.05) is 18.1 Å². The molecule has 1 aromatic heterocycles. The van der Waals surface area contributed by atoms with E-state index in [0.717, 1.165) is 0 Å². The van der Waals surface area contributed by atoms with Gasteiger partial charge in [0, 0.05) is 18.5 Å². The van der Waals surface area contributed by atoms with Gasteiger partial charge in [-0.25, -0.2) is 13.2 Å². The summed E-state index contributed by atoms with van der Waals surface area (Å²) >= 11 is 0. The molecule has 0 aliphatic heterocycles. The molecule has 0 fully saturated rings. The molecular formula is C12H19NO4S. The van der Waals surface area contributed by atoms with Gasteiger partial charge in [0.1, 0.15) is 15.5 Å². The predicted molar refractivity (Wildman–Crippen MR) is 69.3 cm³/mol. The van der Waals surface area contributed by atoms with Crippen LogP contribution in [0.1, 0.15) is 30.8 Å². The Morgan fingerprint density at radius 1 is 1.39 bits per heavy atom. The standard InChI is InChI=1S/C12H19NO4S/c1-3-17-12(14)11-7-5-8-13(11)9-6-10-18(15,16)4-2/h5,7-8H,3-4,6,9-10H2,1-2H3. The second-order valence-corrected chi connectivity index (χ2v) is 6.37. The molecule has 0 aliphatic carbocycles. The first-order valence-electron chi connectivity index (χ1n) is 6.03. The number of esters is 1. The lowest BCUT2D eigenvalue weighted by atomic mass is 10.4. The Labute approximate surface area is 108 Å². The van der Waals surface area contributed by atoms with Crippen molar-refractivity contribution in [2.24, 2.45) is 0 Å². The third-order valence-electron chi connectivity index (χ3n) is 2.61. The van der Waals surface area contributed by atoms with Crippen molar-refractivity contribution in [3.8, 4) is 0 Å². The van der Waals surface area contributed by atoms with Crippen LogP contribution in [0.15, 0.2) is 18.3 Å². The lowest BCUT2D eigenvalue weighted by Crippen LogP contribution is -2.15. The van der Waals surface area contributed by atoms with Gasteiger partial charge in [0.15, 0.2) is 0 Å². The van der Waals surface area contributed by atoms with E-state index in [2.05, 4.69) is 0 Å². The van der Waals surface area contributed by atoms with Crippen molar-refractivity contribution in [2.45, 2.75) is 26.8 Å². The number of hydrogen-bond donors (Lipinski definition) is 0. The number of aromatic nitrogens is 1. The minimum absolute atomic E-state index is 0.143. The minimum Gasteiger partial charge on any atom is -0.461 e. The maximum absolute atomic E-state index is 11.6. The van der Waals surface area contributed by atoms with E-state index in [9.17, 15) is 13.2 Å². The highest BCUT2D eigenvalue weighted by molar-refractivity contribution is 7.91. The number of carbonyl (C=O) groups is 1. The van der Waals surface area contributed by atoms with E-state index in [4.69, 9.17) is 4.74 Å². The zero-order valence-electron chi connectivity index (χ0n) is 10.8. The smallest absolute Gasteiger partial charge is 0.354 e. The lowest BCUT2D eigenvalue weighted by molar-refractivity contribution is 0.0513. The number of rotatable bonds is 7. The zero-order chi connectivity index (χ0) is 13.6. The molecule has 0 N–H and O–H groups in total. The molecule has 0 aromatic carbocycles. The maximum Gasteiger partial charge on any atom is 0.354 e. The minimum atomic E-state index is -2.95. The summed E-state index contributed by atoms with van der Waals surface area (Å²) in [7, 11) is -2.95. The van der Waals surface area contributed by atoms with Crippen molar-refractivity contribution in [1.29, 1.82) is 0 Å². The summed E-state index contributed by atoms with van der Waals surface area (Å²) in [5.74, 6) is -0.0752. The number of ether oxygens (including phenoxy) is 1. The molecule has 6 heteroatoms. The molecule has 0 saturated carbocycles. The quantitative estimate of drug-likeness (QED) is 0.706. The first-order chi connectivity index (χ1) is 8.50. The van der Waals surface area contributed by atoms with Gasteiger partial charge < -0.3 is 9.30 Å². The van der Waals surface area contributed by atoms with Crippen LogP contribution in [0, 0.1) is 0 Å². The Hall–Kier alpha value is -1.30. The van der Waals surface area contributed by atoms with Crippen LogP contribution in [0.25, 0.3) is 0 Å². The zero-order valence-corrected chi connectivity index (χ0v) is 11.6. The van der Waals surface area contributed by atoms with E-state index in [1.165, 1.54) is 0 Å². The van der Waals surface area contributed by atoms with Crippen LogP contribution in [-0.2, 0) is 21.1 Å². The first kappa shape index (κ1) is 14.8. The van der Waals surface area contributed by atoms with Gasteiger partial charge in [-0.1, -0.05) is 6.92 Å². The van der Waals surface area contributed by atoms with E-state index >= 15 is 0 Å². The normalized spacial score (nSPS) is 11.4. The molecule has 0 saturated heterocycles. The van der Waals surface area contributed by atoms with Crippen LogP contribution in [-0.4, -0.2) is 37.1 Å². The third-order valence-corrected chi connectivity index (χ3v) is 4.40. The number of aryl methyl sites for hydroxylation is 1. The van der Waals surface area contributed by atoms with Crippen molar-refractivity contribution in [3.05, 3.63) is 24.0 Å². The molecule has 1 heterocycles. The van der Waals surface area contributed by atoms with Crippen LogP contribution in [0.3, 0.4) is 0 Å². The second kappa shape index (κ2) is 6.58. The summed E-state index contributed by atoms with van der Waals surface area (Å²) in [5, 5.41) is 0. The second-order valence-electron chi connectivity index (χ2n) is 3.90. The molecule has 1 rings (SSSR count). The van der Waals surface area contributed by atoms with Crippen molar-refractivity contribution in [3.63, 3.8) is 0 Å². The molecule has 0 amide bonds. The van der Waals surface area contributed by atoms with Gasteiger partial charge >= 0.3 is 5.97 Å². The third kappa shape index (κ3) is 4.18. The summed E-state index contributed by atoms with van der Waals surface area (Å²) in [6, 6.07) is 3.42. The fourth-order valence-electron chi connectivity index (χ4n) is 1.60. The monoisotopic (exact) mass is 273 g/mol. The Balaban J connectivity index is 2.58. The Bertz CT molecular complexity index is 490. The van der Waals surface area contributed by atoms with E-state index in [1.807, 2.05) is 0 Å². The largest absolute Gasteiger partial charge is 0.461 e. The average Bonchev–Trinajstić information content (AvgIpc) is 2.77. The fourth-order valence-corrected chi connectivity index (χ4v) is 2.46. The first-order valence-corrected chi connectivity index (χ1v) is 7.85. The van der Waals surface area contributed by atoms with Crippen LogP contribution in [0.5, 0.6) is 0 Å². The van der Waals surface area contributed by atoms with Crippen molar-refractivity contribution < 1.29 is 17.9 Å². The highest BCUT2D eigenvalue weighted by Crippen LogP contribution is 2.06. The fraction of sp³-hybridized carbons (Fsp3) is 0.583. The molecule has 102 valence electrons. The van der Waals surface area contributed by atoms with Crippen LogP contribution >= 0.6 is 0 Å². The molecule has 0 radical (unpaired) electrons. The molecule has 5 nitrogen and oxygen atoms in total. The topological polar surface area (TPSA) is 65.4 Å². The van der Waals surface area contributed by atoms with Crippen LogP contribution in [0.4, 0.5) is 0 Å². The van der Waals surface area contributed by atoms with Crippen LogP contribution < -0.4 is 0 Å². The molecule has 1 aromatic rings. The molecule has 0 bridgehead atoms. The Kier molecular flexibility index (Phi) is 5.40. The van der Waals surface area contributed by atoms with E-state index < -0.39 is 9.84 Å². The Morgan fingerprint density at radius 2 is 2.11 bits per heavy atom. The molecular weight excluding hydrogens is 254 g/mol. The summed E-state index contributed by atoms with van der Waals surface area (Å²) in [6.07, 6.45) is 2.25. The highest BCUT2D eigenvalue weighted by Gasteiger charge is 2.12. The summed E-state index contributed by atoms with van der Waals surface area (Å²) in [6.45, 7) is 4.21. The van der Waals surface area contributed by atoms with Gasteiger partial charge in [0.05, 0.1) is 12.4 Å². The van der Waals surface area contributed by atoms with Gasteiger partial charge in [0.2, 0.25) is 0 Å². The number of sulfone groups is 1. The molecule has 0 unspecified atom stereocenters. The molecule has 0 atom stereocenters. The SMILES string of the molecule is CCOC(=O)c1cccn1CCCS(=O)(=O)CC. The van der Waals surface area contributed by atoms with Gasteiger partial charge in [-0.05, 0) is 25.5 Å². The number of carbonyl (C=O) groups excluding carboxylic acids is 1. The van der Waals surface area contributed by atoms with Crippen molar-refractivity contribution in [1.82, 2.24) is 4.57 Å².